The molecule has 1 aromatic heterocycles. The number of aryl methyl sites for hydroxylation is 1. The van der Waals surface area contributed by atoms with Gasteiger partial charge in [-0.15, -0.1) is 11.3 Å². The third kappa shape index (κ3) is 4.32. The molecule has 0 saturated carbocycles. The average molecular weight is 505 g/mol. The van der Waals surface area contributed by atoms with E-state index in [-0.39, 0.29) is 13.2 Å². The molecule has 1 aliphatic rings. The zero-order valence-electron chi connectivity index (χ0n) is 21.3. The van der Waals surface area contributed by atoms with Gasteiger partial charge in [-0.25, -0.2) is 9.78 Å². The number of nitrogens with zero attached hydrogens (tertiary/aromatic N) is 1. The molecule has 4 rings (SSSR count). The van der Waals surface area contributed by atoms with E-state index in [1.54, 1.807) is 13.8 Å². The van der Waals surface area contributed by atoms with Crippen LogP contribution in [-0.4, -0.2) is 36.2 Å². The first-order chi connectivity index (χ1) is 17.4. The van der Waals surface area contributed by atoms with Crippen molar-refractivity contribution < 1.29 is 19.1 Å². The summed E-state index contributed by atoms with van der Waals surface area (Å²) in [5.74, 6) is -1.52. The molecule has 1 aliphatic heterocycles. The highest BCUT2D eigenvalue weighted by atomic mass is 32.1. The van der Waals surface area contributed by atoms with Crippen LogP contribution in [-0.2, 0) is 24.5 Å². The Bertz CT molecular complexity index is 1270. The minimum absolute atomic E-state index is 0.210. The minimum Gasteiger partial charge on any atom is -0.465 e. The first-order valence-corrected chi connectivity index (χ1v) is 13.1. The number of esters is 2. The number of ether oxygens (including phenoxy) is 2. The second-order valence-electron chi connectivity index (χ2n) is 8.86. The number of carbonyl (C=O) groups excluding carboxylic acids is 2. The number of carbonyl (C=O) groups is 2. The number of rotatable bonds is 7. The molecular weight excluding hydrogens is 472 g/mol. The molecule has 36 heavy (non-hydrogen) atoms. The Morgan fingerprint density at radius 2 is 1.58 bits per heavy atom. The fourth-order valence-electron chi connectivity index (χ4n) is 5.14. The SMILES string of the molecule is CCOC(=O)C1=C(C)NC(C)C(C(=O)OCC)(c2nc(C)c(-c3ccccc3)s2)C1c1ccccc1. The van der Waals surface area contributed by atoms with Crippen molar-refractivity contribution in [3.8, 4) is 10.4 Å². The van der Waals surface area contributed by atoms with E-state index in [9.17, 15) is 9.59 Å². The summed E-state index contributed by atoms with van der Waals surface area (Å²) in [5.41, 5.74) is 2.50. The van der Waals surface area contributed by atoms with Gasteiger partial charge in [0.15, 0.2) is 5.41 Å². The quantitative estimate of drug-likeness (QED) is 0.426. The number of aromatic nitrogens is 1. The molecule has 3 atom stereocenters. The molecule has 188 valence electrons. The van der Waals surface area contributed by atoms with Gasteiger partial charge in [0, 0.05) is 17.7 Å². The van der Waals surface area contributed by atoms with Crippen LogP contribution in [0.2, 0.25) is 0 Å². The fraction of sp³-hybridized carbons (Fsp3) is 0.345. The molecule has 0 bridgehead atoms. The second kappa shape index (κ2) is 10.7. The lowest BCUT2D eigenvalue weighted by Crippen LogP contribution is -2.60. The van der Waals surface area contributed by atoms with E-state index >= 15 is 0 Å². The average Bonchev–Trinajstić information content (AvgIpc) is 3.26. The first-order valence-electron chi connectivity index (χ1n) is 12.3. The maximum absolute atomic E-state index is 14.1. The molecule has 7 heteroatoms. The lowest BCUT2D eigenvalue weighted by molar-refractivity contribution is -0.153. The number of hydrogen-bond acceptors (Lipinski definition) is 7. The van der Waals surface area contributed by atoms with E-state index in [1.165, 1.54) is 11.3 Å². The predicted octanol–water partition coefficient (Wildman–Crippen LogP) is 5.53. The molecule has 0 radical (unpaired) electrons. The molecule has 1 N–H and O–H groups in total. The molecule has 0 fully saturated rings. The lowest BCUT2D eigenvalue weighted by Gasteiger charge is -2.46. The van der Waals surface area contributed by atoms with Crippen molar-refractivity contribution in [2.45, 2.75) is 52.0 Å². The molecule has 3 unspecified atom stereocenters. The summed E-state index contributed by atoms with van der Waals surface area (Å²) in [4.78, 5) is 33.5. The van der Waals surface area contributed by atoms with E-state index in [2.05, 4.69) is 5.32 Å². The van der Waals surface area contributed by atoms with Crippen molar-refractivity contribution in [1.82, 2.24) is 10.3 Å². The molecule has 0 spiro atoms. The van der Waals surface area contributed by atoms with Gasteiger partial charge in [0.05, 0.1) is 29.4 Å². The summed E-state index contributed by atoms with van der Waals surface area (Å²) >= 11 is 1.48. The van der Waals surface area contributed by atoms with Gasteiger partial charge in [-0.1, -0.05) is 60.7 Å². The summed E-state index contributed by atoms with van der Waals surface area (Å²) in [6.07, 6.45) is 0. The first kappa shape index (κ1) is 25.6. The minimum atomic E-state index is -1.29. The molecule has 2 aromatic carbocycles. The van der Waals surface area contributed by atoms with Gasteiger partial charge < -0.3 is 14.8 Å². The number of thiazole rings is 1. The van der Waals surface area contributed by atoms with Gasteiger partial charge in [0.2, 0.25) is 0 Å². The van der Waals surface area contributed by atoms with E-state index in [0.717, 1.165) is 21.7 Å². The smallest absolute Gasteiger partial charge is 0.336 e. The Kier molecular flexibility index (Phi) is 7.59. The normalized spacial score (nSPS) is 21.6. The Hall–Kier alpha value is -3.45. The number of nitrogens with one attached hydrogen (secondary N) is 1. The van der Waals surface area contributed by atoms with Crippen LogP contribution in [0.25, 0.3) is 10.4 Å². The largest absolute Gasteiger partial charge is 0.465 e. The molecule has 0 amide bonds. The van der Waals surface area contributed by atoms with Gasteiger partial charge in [-0.3, -0.25) is 4.79 Å². The van der Waals surface area contributed by atoms with E-state index in [0.29, 0.717) is 16.3 Å². The summed E-state index contributed by atoms with van der Waals surface area (Å²) in [6, 6.07) is 19.2. The number of benzene rings is 2. The molecular formula is C29H32N2O4S. The highest BCUT2D eigenvalue weighted by Gasteiger charge is 2.60. The lowest BCUT2D eigenvalue weighted by atomic mass is 9.62. The van der Waals surface area contributed by atoms with Crippen LogP contribution >= 0.6 is 11.3 Å². The molecule has 2 heterocycles. The summed E-state index contributed by atoms with van der Waals surface area (Å²) < 4.78 is 11.3. The van der Waals surface area contributed by atoms with Crippen LogP contribution in [0.3, 0.4) is 0 Å². The van der Waals surface area contributed by atoms with Crippen molar-refractivity contribution in [3.63, 3.8) is 0 Å². The van der Waals surface area contributed by atoms with Crippen LogP contribution in [0.4, 0.5) is 0 Å². The number of allylic oxidation sites excluding steroid dienone is 1. The van der Waals surface area contributed by atoms with Gasteiger partial charge in [0.25, 0.3) is 0 Å². The maximum Gasteiger partial charge on any atom is 0.336 e. The predicted molar refractivity (Wildman–Crippen MR) is 142 cm³/mol. The maximum atomic E-state index is 14.1. The summed E-state index contributed by atoms with van der Waals surface area (Å²) in [6.45, 7) is 9.77. The van der Waals surface area contributed by atoms with Gasteiger partial charge >= 0.3 is 11.9 Å². The highest BCUT2D eigenvalue weighted by Crippen LogP contribution is 2.52. The van der Waals surface area contributed by atoms with Crippen molar-refractivity contribution in [3.05, 3.63) is 88.2 Å². The van der Waals surface area contributed by atoms with Crippen LogP contribution in [0.1, 0.15) is 49.9 Å². The van der Waals surface area contributed by atoms with Crippen LogP contribution in [0, 0.1) is 6.92 Å². The second-order valence-corrected chi connectivity index (χ2v) is 9.86. The van der Waals surface area contributed by atoms with E-state index in [1.807, 2.05) is 81.4 Å². The van der Waals surface area contributed by atoms with Gasteiger partial charge in [-0.2, -0.15) is 0 Å². The Morgan fingerprint density at radius 3 is 2.19 bits per heavy atom. The van der Waals surface area contributed by atoms with Gasteiger partial charge in [0.1, 0.15) is 5.01 Å². The topological polar surface area (TPSA) is 77.5 Å². The third-order valence-corrected chi connectivity index (χ3v) is 8.05. The van der Waals surface area contributed by atoms with E-state index in [4.69, 9.17) is 14.5 Å². The van der Waals surface area contributed by atoms with Crippen LogP contribution < -0.4 is 5.32 Å². The van der Waals surface area contributed by atoms with E-state index < -0.39 is 29.3 Å². The van der Waals surface area contributed by atoms with Crippen molar-refractivity contribution in [1.29, 1.82) is 0 Å². The molecule has 6 nitrogen and oxygen atoms in total. The van der Waals surface area contributed by atoms with Crippen LogP contribution in [0.15, 0.2) is 71.9 Å². The zero-order chi connectivity index (χ0) is 25.9. The van der Waals surface area contributed by atoms with Crippen LogP contribution in [0.5, 0.6) is 0 Å². The molecule has 0 saturated heterocycles. The van der Waals surface area contributed by atoms with Crippen molar-refractivity contribution in [2.24, 2.45) is 0 Å². The summed E-state index contributed by atoms with van der Waals surface area (Å²) in [7, 11) is 0. The molecule has 0 aliphatic carbocycles. The highest BCUT2D eigenvalue weighted by molar-refractivity contribution is 7.15. The fourth-order valence-corrected chi connectivity index (χ4v) is 6.51. The Balaban J connectivity index is 2.04. The van der Waals surface area contributed by atoms with Gasteiger partial charge in [-0.05, 0) is 45.7 Å². The third-order valence-electron chi connectivity index (χ3n) is 6.69. The summed E-state index contributed by atoms with van der Waals surface area (Å²) in [5, 5.41) is 4.02. The Labute approximate surface area is 216 Å². The molecule has 3 aromatic rings. The van der Waals surface area contributed by atoms with Crippen molar-refractivity contribution in [2.75, 3.05) is 13.2 Å². The monoisotopic (exact) mass is 504 g/mol. The standard InChI is InChI=1S/C29H32N2O4S/c1-6-34-26(32)23-18(3)30-20(5)29(28(33)35-7-2,24(23)21-14-10-8-11-15-21)27-31-19(4)25(36-27)22-16-12-9-13-17-22/h8-17,20,24,30H,6-7H2,1-5H3. The Morgan fingerprint density at radius 1 is 0.972 bits per heavy atom. The number of hydrogen-bond donors (Lipinski definition) is 1. The van der Waals surface area contributed by atoms with Crippen molar-refractivity contribution >= 4 is 23.3 Å². The zero-order valence-corrected chi connectivity index (χ0v) is 22.1.